The van der Waals surface area contributed by atoms with Crippen molar-refractivity contribution in [2.75, 3.05) is 18.6 Å². The number of likely N-dealkylation sites (N-methyl/N-ethyl adjacent to an activating group) is 1. The topological polar surface area (TPSA) is 12.0 Å². The molecular formula is C13H18FNS. The monoisotopic (exact) mass is 239 g/mol. The van der Waals surface area contributed by atoms with Gasteiger partial charge in [0.15, 0.2) is 0 Å². The van der Waals surface area contributed by atoms with Gasteiger partial charge in [0, 0.05) is 6.04 Å². The molecule has 0 aromatic heterocycles. The van der Waals surface area contributed by atoms with E-state index in [1.807, 2.05) is 24.9 Å². The van der Waals surface area contributed by atoms with Crippen molar-refractivity contribution in [3.05, 3.63) is 35.6 Å². The Balaban J connectivity index is 2.00. The number of rotatable bonds is 4. The van der Waals surface area contributed by atoms with Crippen LogP contribution in [0.2, 0.25) is 0 Å². The molecule has 0 spiro atoms. The molecule has 0 radical (unpaired) electrons. The molecule has 88 valence electrons. The predicted molar refractivity (Wildman–Crippen MR) is 68.4 cm³/mol. The molecule has 0 saturated carbocycles. The predicted octanol–water partition coefficient (Wildman–Crippen LogP) is 2.71. The van der Waals surface area contributed by atoms with Crippen LogP contribution < -0.4 is 5.32 Å². The van der Waals surface area contributed by atoms with E-state index >= 15 is 0 Å². The van der Waals surface area contributed by atoms with Gasteiger partial charge >= 0.3 is 0 Å². The molecule has 0 amide bonds. The van der Waals surface area contributed by atoms with Crippen molar-refractivity contribution in [1.82, 2.24) is 5.32 Å². The molecule has 2 unspecified atom stereocenters. The minimum absolute atomic E-state index is 0.131. The summed E-state index contributed by atoms with van der Waals surface area (Å²) in [7, 11) is 2.01. The molecule has 0 bridgehead atoms. The summed E-state index contributed by atoms with van der Waals surface area (Å²) < 4.78 is 13.1. The van der Waals surface area contributed by atoms with Crippen LogP contribution in [0.15, 0.2) is 24.3 Å². The molecule has 16 heavy (non-hydrogen) atoms. The molecule has 1 fully saturated rings. The lowest BCUT2D eigenvalue weighted by Crippen LogP contribution is -2.35. The molecule has 1 nitrogen and oxygen atoms in total. The van der Waals surface area contributed by atoms with Gasteiger partial charge in [-0.15, -0.1) is 0 Å². The van der Waals surface area contributed by atoms with Gasteiger partial charge < -0.3 is 5.32 Å². The van der Waals surface area contributed by atoms with E-state index in [9.17, 15) is 4.39 Å². The zero-order chi connectivity index (χ0) is 11.4. The van der Waals surface area contributed by atoms with Gasteiger partial charge in [-0.2, -0.15) is 11.8 Å². The van der Waals surface area contributed by atoms with Crippen molar-refractivity contribution >= 4 is 11.8 Å². The molecule has 2 rings (SSSR count). The van der Waals surface area contributed by atoms with E-state index in [1.54, 1.807) is 12.1 Å². The molecule has 0 aliphatic carbocycles. The Morgan fingerprint density at radius 2 is 2.44 bits per heavy atom. The highest BCUT2D eigenvalue weighted by Gasteiger charge is 2.24. The van der Waals surface area contributed by atoms with E-state index in [2.05, 4.69) is 5.32 Å². The first-order valence-electron chi connectivity index (χ1n) is 5.79. The van der Waals surface area contributed by atoms with E-state index in [0.29, 0.717) is 6.04 Å². The van der Waals surface area contributed by atoms with Crippen LogP contribution in [0.5, 0.6) is 0 Å². The first kappa shape index (κ1) is 11.9. The van der Waals surface area contributed by atoms with Crippen LogP contribution in [0.4, 0.5) is 4.39 Å². The second kappa shape index (κ2) is 5.69. The molecule has 3 heteroatoms. The van der Waals surface area contributed by atoms with Gasteiger partial charge in [-0.1, -0.05) is 12.1 Å². The Hall–Kier alpha value is -0.540. The van der Waals surface area contributed by atoms with Crippen molar-refractivity contribution in [1.29, 1.82) is 0 Å². The molecule has 1 aromatic carbocycles. The maximum absolute atomic E-state index is 13.1. The van der Waals surface area contributed by atoms with Crippen LogP contribution in [-0.2, 0) is 6.42 Å². The SMILES string of the molecule is CNC(Cc1cccc(F)c1)C1CCSC1. The van der Waals surface area contributed by atoms with Gasteiger partial charge in [0.2, 0.25) is 0 Å². The van der Waals surface area contributed by atoms with Crippen LogP contribution in [-0.4, -0.2) is 24.6 Å². The van der Waals surface area contributed by atoms with Crippen molar-refractivity contribution in [3.8, 4) is 0 Å². The summed E-state index contributed by atoms with van der Waals surface area (Å²) in [4.78, 5) is 0. The third-order valence-electron chi connectivity index (χ3n) is 3.25. The molecule has 1 aromatic rings. The van der Waals surface area contributed by atoms with Crippen molar-refractivity contribution in [3.63, 3.8) is 0 Å². The summed E-state index contributed by atoms with van der Waals surface area (Å²) in [6.07, 6.45) is 2.21. The number of hydrogen-bond donors (Lipinski definition) is 1. The van der Waals surface area contributed by atoms with Crippen molar-refractivity contribution in [2.24, 2.45) is 5.92 Å². The summed E-state index contributed by atoms with van der Waals surface area (Å²) in [5.74, 6) is 3.11. The average Bonchev–Trinajstić information content (AvgIpc) is 2.79. The first-order chi connectivity index (χ1) is 7.79. The highest BCUT2D eigenvalue weighted by Crippen LogP contribution is 2.27. The van der Waals surface area contributed by atoms with Crippen molar-refractivity contribution in [2.45, 2.75) is 18.9 Å². The number of benzene rings is 1. The summed E-state index contributed by atoms with van der Waals surface area (Å²) in [6.45, 7) is 0. The largest absolute Gasteiger partial charge is 0.316 e. The average molecular weight is 239 g/mol. The van der Waals surface area contributed by atoms with Gasteiger partial charge in [-0.3, -0.25) is 0 Å². The lowest BCUT2D eigenvalue weighted by atomic mass is 9.93. The standard InChI is InChI=1S/C13H18FNS/c1-15-13(11-5-6-16-9-11)8-10-3-2-4-12(14)7-10/h2-4,7,11,13,15H,5-6,8-9H2,1H3. The van der Waals surface area contributed by atoms with E-state index in [4.69, 9.17) is 0 Å². The fourth-order valence-electron chi connectivity index (χ4n) is 2.29. The molecule has 1 saturated heterocycles. The number of halogens is 1. The lowest BCUT2D eigenvalue weighted by molar-refractivity contribution is 0.403. The molecular weight excluding hydrogens is 221 g/mol. The maximum Gasteiger partial charge on any atom is 0.123 e. The fraction of sp³-hybridized carbons (Fsp3) is 0.538. The van der Waals surface area contributed by atoms with E-state index < -0.39 is 0 Å². The Labute approximate surface area is 101 Å². The minimum Gasteiger partial charge on any atom is -0.316 e. The van der Waals surface area contributed by atoms with Gasteiger partial charge in [0.1, 0.15) is 5.82 Å². The highest BCUT2D eigenvalue weighted by atomic mass is 32.2. The Bertz CT molecular complexity index is 336. The van der Waals surface area contributed by atoms with E-state index in [1.165, 1.54) is 24.0 Å². The fourth-order valence-corrected chi connectivity index (χ4v) is 3.63. The Morgan fingerprint density at radius 1 is 1.56 bits per heavy atom. The summed E-state index contributed by atoms with van der Waals surface area (Å²) in [5.41, 5.74) is 1.09. The smallest absolute Gasteiger partial charge is 0.123 e. The second-order valence-electron chi connectivity index (χ2n) is 4.35. The van der Waals surface area contributed by atoms with E-state index in [0.717, 1.165) is 17.9 Å². The summed E-state index contributed by atoms with van der Waals surface area (Å²) >= 11 is 2.03. The molecule has 2 atom stereocenters. The van der Waals surface area contributed by atoms with Crippen LogP contribution in [0.1, 0.15) is 12.0 Å². The lowest BCUT2D eigenvalue weighted by Gasteiger charge is -2.22. The van der Waals surface area contributed by atoms with Gasteiger partial charge in [-0.25, -0.2) is 4.39 Å². The molecule has 1 aliphatic rings. The third-order valence-corrected chi connectivity index (χ3v) is 4.44. The Kier molecular flexibility index (Phi) is 4.24. The number of thioether (sulfide) groups is 1. The maximum atomic E-state index is 13.1. The van der Waals surface area contributed by atoms with Crippen LogP contribution in [0.25, 0.3) is 0 Å². The summed E-state index contributed by atoms with van der Waals surface area (Å²) in [6, 6.07) is 7.43. The first-order valence-corrected chi connectivity index (χ1v) is 6.94. The van der Waals surface area contributed by atoms with Crippen molar-refractivity contribution < 1.29 is 4.39 Å². The van der Waals surface area contributed by atoms with Crippen LogP contribution in [0, 0.1) is 11.7 Å². The second-order valence-corrected chi connectivity index (χ2v) is 5.50. The molecule has 1 aliphatic heterocycles. The van der Waals surface area contributed by atoms with Crippen LogP contribution >= 0.6 is 11.8 Å². The van der Waals surface area contributed by atoms with Gasteiger partial charge in [0.25, 0.3) is 0 Å². The molecule has 1 heterocycles. The summed E-state index contributed by atoms with van der Waals surface area (Å²) in [5, 5.41) is 3.38. The van der Waals surface area contributed by atoms with Gasteiger partial charge in [0.05, 0.1) is 0 Å². The molecule has 1 N–H and O–H groups in total. The normalized spacial score (nSPS) is 22.2. The minimum atomic E-state index is -0.131. The zero-order valence-electron chi connectivity index (χ0n) is 9.58. The third kappa shape index (κ3) is 2.98. The Morgan fingerprint density at radius 3 is 3.06 bits per heavy atom. The number of hydrogen-bond acceptors (Lipinski definition) is 2. The number of nitrogens with one attached hydrogen (secondary N) is 1. The zero-order valence-corrected chi connectivity index (χ0v) is 10.4. The quantitative estimate of drug-likeness (QED) is 0.867. The van der Waals surface area contributed by atoms with Gasteiger partial charge in [-0.05, 0) is 55.0 Å². The van der Waals surface area contributed by atoms with Crippen LogP contribution in [0.3, 0.4) is 0 Å². The highest BCUT2D eigenvalue weighted by molar-refractivity contribution is 7.99. The van der Waals surface area contributed by atoms with E-state index in [-0.39, 0.29) is 5.82 Å².